The van der Waals surface area contributed by atoms with Crippen molar-refractivity contribution in [2.75, 3.05) is 0 Å². The van der Waals surface area contributed by atoms with Crippen LogP contribution in [0, 0.1) is 33.3 Å². The first kappa shape index (κ1) is 23.7. The normalized spacial score (nSPS) is 30.8. The Morgan fingerprint density at radius 2 is 1.97 bits per heavy atom. The van der Waals surface area contributed by atoms with Crippen molar-refractivity contribution in [2.24, 2.45) is 23.2 Å². The summed E-state index contributed by atoms with van der Waals surface area (Å²) in [5.74, 6) is 1.19. The van der Waals surface area contributed by atoms with Gasteiger partial charge in [0, 0.05) is 17.5 Å². The van der Waals surface area contributed by atoms with Gasteiger partial charge in [0.2, 0.25) is 5.91 Å². The molecule has 2 bridgehead atoms. The van der Waals surface area contributed by atoms with Crippen molar-refractivity contribution in [3.8, 4) is 0 Å². The highest BCUT2D eigenvalue weighted by atomic mass is 32.2. The van der Waals surface area contributed by atoms with Crippen LogP contribution < -0.4 is 10.0 Å². The molecule has 3 rings (SSSR count). The molecule has 31 heavy (non-hydrogen) atoms. The zero-order valence-corrected chi connectivity index (χ0v) is 19.5. The molecule has 2 aliphatic carbocycles. The lowest BCUT2D eigenvalue weighted by Gasteiger charge is -2.41. The third-order valence-corrected chi connectivity index (χ3v) is 7.90. The van der Waals surface area contributed by atoms with Gasteiger partial charge in [0.15, 0.2) is 0 Å². The van der Waals surface area contributed by atoms with Gasteiger partial charge in [-0.1, -0.05) is 26.0 Å². The Morgan fingerprint density at radius 1 is 1.26 bits per heavy atom. The van der Waals surface area contributed by atoms with Crippen LogP contribution in [0.3, 0.4) is 0 Å². The average molecular weight is 448 g/mol. The fourth-order valence-electron chi connectivity index (χ4n) is 5.26. The summed E-state index contributed by atoms with van der Waals surface area (Å²) >= 11 is 1.10. The summed E-state index contributed by atoms with van der Waals surface area (Å²) in [6.45, 7) is 7.84. The fourth-order valence-corrected chi connectivity index (χ4v) is 6.11. The lowest BCUT2D eigenvalue weighted by Crippen LogP contribution is -2.55. The van der Waals surface area contributed by atoms with Gasteiger partial charge in [0.1, 0.15) is 16.7 Å². The molecular formula is C23H33N3O4S. The molecule has 1 aromatic rings. The molecule has 2 saturated carbocycles. The number of rotatable bonds is 7. The molecule has 0 aromatic heterocycles. The van der Waals surface area contributed by atoms with Crippen molar-refractivity contribution in [1.82, 2.24) is 10.0 Å². The molecule has 0 heterocycles. The highest BCUT2D eigenvalue weighted by Crippen LogP contribution is 2.47. The van der Waals surface area contributed by atoms with Crippen LogP contribution in [0.1, 0.15) is 59.8 Å². The van der Waals surface area contributed by atoms with E-state index < -0.39 is 10.5 Å². The van der Waals surface area contributed by atoms with Gasteiger partial charge in [0.25, 0.3) is 5.69 Å². The van der Waals surface area contributed by atoms with E-state index in [1.54, 1.807) is 32.0 Å². The SMILES string of the molecule is CC1CC2CC(CC(C)(C=O)C2)C(NC(=O)C(C)(C)NSc2ccccc2[N+](=O)[O-])C1. The number of benzene rings is 1. The predicted molar refractivity (Wildman–Crippen MR) is 121 cm³/mol. The summed E-state index contributed by atoms with van der Waals surface area (Å²) in [5, 5.41) is 14.5. The maximum absolute atomic E-state index is 13.2. The summed E-state index contributed by atoms with van der Waals surface area (Å²) in [7, 11) is 0. The zero-order chi connectivity index (χ0) is 22.8. The van der Waals surface area contributed by atoms with Gasteiger partial charge >= 0.3 is 0 Å². The third-order valence-electron chi connectivity index (χ3n) is 6.73. The van der Waals surface area contributed by atoms with Gasteiger partial charge in [-0.3, -0.25) is 14.9 Å². The molecule has 2 fully saturated rings. The van der Waals surface area contributed by atoms with E-state index >= 15 is 0 Å². The van der Waals surface area contributed by atoms with Crippen LogP contribution in [0.15, 0.2) is 29.2 Å². The highest BCUT2D eigenvalue weighted by molar-refractivity contribution is 7.97. The number of nitrogens with zero attached hydrogens (tertiary/aromatic N) is 1. The van der Waals surface area contributed by atoms with Gasteiger partial charge in [0.05, 0.1) is 4.92 Å². The van der Waals surface area contributed by atoms with E-state index in [2.05, 4.69) is 17.0 Å². The Labute approximate surface area is 188 Å². The quantitative estimate of drug-likeness (QED) is 0.276. The highest BCUT2D eigenvalue weighted by Gasteiger charge is 2.44. The number of fused-ring (bicyclic) bond motifs is 2. The molecule has 0 aliphatic heterocycles. The molecular weight excluding hydrogens is 414 g/mol. The molecule has 1 aromatic carbocycles. The van der Waals surface area contributed by atoms with Crippen molar-refractivity contribution in [3.63, 3.8) is 0 Å². The number of nitro benzene ring substituents is 1. The van der Waals surface area contributed by atoms with Crippen LogP contribution >= 0.6 is 11.9 Å². The first-order chi connectivity index (χ1) is 14.5. The van der Waals surface area contributed by atoms with Crippen molar-refractivity contribution in [2.45, 2.75) is 76.3 Å². The van der Waals surface area contributed by atoms with Crippen molar-refractivity contribution in [3.05, 3.63) is 34.4 Å². The molecule has 5 unspecified atom stereocenters. The molecule has 5 atom stereocenters. The van der Waals surface area contributed by atoms with Gasteiger partial charge in [-0.2, -0.15) is 0 Å². The Kier molecular flexibility index (Phi) is 7.11. The number of amides is 1. The molecule has 8 heteroatoms. The summed E-state index contributed by atoms with van der Waals surface area (Å²) < 4.78 is 3.11. The number of hydrogen-bond donors (Lipinski definition) is 2. The minimum absolute atomic E-state index is 0.00944. The topological polar surface area (TPSA) is 101 Å². The Balaban J connectivity index is 1.69. The molecule has 0 saturated heterocycles. The average Bonchev–Trinajstić information content (AvgIpc) is 2.81. The molecule has 0 spiro atoms. The lowest BCUT2D eigenvalue weighted by molar-refractivity contribution is -0.387. The largest absolute Gasteiger partial charge is 0.351 e. The Morgan fingerprint density at radius 3 is 2.65 bits per heavy atom. The first-order valence-electron chi connectivity index (χ1n) is 11.0. The molecule has 170 valence electrons. The van der Waals surface area contributed by atoms with E-state index in [9.17, 15) is 19.7 Å². The van der Waals surface area contributed by atoms with E-state index in [1.165, 1.54) is 6.07 Å². The minimum Gasteiger partial charge on any atom is -0.351 e. The van der Waals surface area contributed by atoms with Crippen molar-refractivity contribution < 1.29 is 14.5 Å². The van der Waals surface area contributed by atoms with Crippen LogP contribution in [0.5, 0.6) is 0 Å². The Hall–Kier alpha value is -1.93. The molecule has 0 radical (unpaired) electrons. The monoisotopic (exact) mass is 447 g/mol. The number of carbonyl (C=O) groups is 2. The molecule has 1 amide bonds. The van der Waals surface area contributed by atoms with Gasteiger partial charge in [-0.25, -0.2) is 4.72 Å². The Bertz CT molecular complexity index is 846. The van der Waals surface area contributed by atoms with E-state index in [4.69, 9.17) is 0 Å². The second-order valence-corrected chi connectivity index (χ2v) is 11.1. The zero-order valence-electron chi connectivity index (χ0n) is 18.7. The van der Waals surface area contributed by atoms with Crippen LogP contribution in [0.25, 0.3) is 0 Å². The van der Waals surface area contributed by atoms with E-state index in [0.29, 0.717) is 22.6 Å². The molecule has 2 aliphatic rings. The molecule has 7 nitrogen and oxygen atoms in total. The standard InChI is InChI=1S/C23H33N3O4S/c1-15-9-16-11-17(13-23(4,12-16)14-27)18(10-15)24-21(28)22(2,3)25-31-20-8-6-5-7-19(20)26(29)30/h5-8,14-18,25H,9-13H2,1-4H3,(H,24,28). The van der Waals surface area contributed by atoms with Crippen LogP contribution in [-0.4, -0.2) is 28.7 Å². The van der Waals surface area contributed by atoms with Gasteiger partial charge in [-0.15, -0.1) is 0 Å². The summed E-state index contributed by atoms with van der Waals surface area (Å²) in [6, 6.07) is 6.51. The van der Waals surface area contributed by atoms with Crippen molar-refractivity contribution in [1.29, 1.82) is 0 Å². The smallest absolute Gasteiger partial charge is 0.284 e. The number of hydrogen-bond acceptors (Lipinski definition) is 6. The second-order valence-electron chi connectivity index (χ2n) is 10.3. The predicted octanol–water partition coefficient (Wildman–Crippen LogP) is 4.51. The molecule has 2 N–H and O–H groups in total. The summed E-state index contributed by atoms with van der Waals surface area (Å²) in [5.41, 5.74) is -1.22. The number of carbonyl (C=O) groups excluding carboxylic acids is 2. The summed E-state index contributed by atoms with van der Waals surface area (Å²) in [4.78, 5) is 36.2. The number of aldehydes is 1. The third kappa shape index (κ3) is 5.66. The minimum atomic E-state index is -0.925. The van der Waals surface area contributed by atoms with E-state index in [1.807, 2.05) is 6.92 Å². The van der Waals surface area contributed by atoms with Crippen LogP contribution in [0.2, 0.25) is 0 Å². The first-order valence-corrected chi connectivity index (χ1v) is 11.8. The van der Waals surface area contributed by atoms with E-state index in [0.717, 1.165) is 50.3 Å². The van der Waals surface area contributed by atoms with Crippen molar-refractivity contribution >= 4 is 29.8 Å². The maximum Gasteiger partial charge on any atom is 0.284 e. The number of para-hydroxylation sites is 1. The number of nitro groups is 1. The number of nitrogens with one attached hydrogen (secondary N) is 2. The van der Waals surface area contributed by atoms with Crippen LogP contribution in [0.4, 0.5) is 5.69 Å². The fraction of sp³-hybridized carbons (Fsp3) is 0.652. The summed E-state index contributed by atoms with van der Waals surface area (Å²) in [6.07, 6.45) is 5.92. The second kappa shape index (κ2) is 9.28. The maximum atomic E-state index is 13.2. The van der Waals surface area contributed by atoms with E-state index in [-0.39, 0.29) is 23.1 Å². The lowest BCUT2D eigenvalue weighted by atomic mass is 9.66. The van der Waals surface area contributed by atoms with Crippen LogP contribution in [-0.2, 0) is 9.59 Å². The van der Waals surface area contributed by atoms with Gasteiger partial charge < -0.3 is 10.1 Å². The van der Waals surface area contributed by atoms with Gasteiger partial charge in [-0.05, 0) is 81.7 Å².